The Bertz CT molecular complexity index is 1110. The first kappa shape index (κ1) is 24.1. The van der Waals surface area contributed by atoms with Crippen LogP contribution in [0.2, 0.25) is 0 Å². The van der Waals surface area contributed by atoms with Crippen LogP contribution in [0, 0.1) is 0 Å². The van der Waals surface area contributed by atoms with Crippen molar-refractivity contribution in [2.24, 2.45) is 0 Å². The summed E-state index contributed by atoms with van der Waals surface area (Å²) in [5.41, 5.74) is 6.47. The van der Waals surface area contributed by atoms with Crippen LogP contribution in [0.25, 0.3) is 0 Å². The minimum atomic E-state index is -0.416. The molecule has 5 rings (SSSR count). The Hall–Kier alpha value is -2.62. The van der Waals surface area contributed by atoms with Crippen LogP contribution in [0.1, 0.15) is 80.4 Å². The van der Waals surface area contributed by atoms with Crippen molar-refractivity contribution in [1.82, 2.24) is 4.90 Å². The lowest BCUT2D eigenvalue weighted by Gasteiger charge is -2.54. The number of rotatable bonds is 6. The minimum absolute atomic E-state index is 0.0279. The van der Waals surface area contributed by atoms with Crippen LogP contribution in [0.5, 0.6) is 5.75 Å². The molecule has 3 aromatic carbocycles. The molecule has 0 bridgehead atoms. The van der Waals surface area contributed by atoms with Crippen molar-refractivity contribution in [3.63, 3.8) is 0 Å². The minimum Gasteiger partial charge on any atom is -0.489 e. The molecule has 0 saturated heterocycles. The van der Waals surface area contributed by atoms with Crippen LogP contribution < -0.4 is 4.74 Å². The molecule has 3 heteroatoms. The molecular weight excluding hydrogens is 430 g/mol. The molecule has 35 heavy (non-hydrogen) atoms. The van der Waals surface area contributed by atoms with Crippen molar-refractivity contribution in [2.75, 3.05) is 13.6 Å². The molecule has 1 N–H and O–H groups in total. The second-order valence-electron chi connectivity index (χ2n) is 11.5. The van der Waals surface area contributed by atoms with E-state index in [1.807, 2.05) is 0 Å². The van der Waals surface area contributed by atoms with E-state index in [1.54, 1.807) is 0 Å². The maximum absolute atomic E-state index is 10.8. The van der Waals surface area contributed by atoms with E-state index in [-0.39, 0.29) is 10.8 Å². The Morgan fingerprint density at radius 1 is 0.971 bits per heavy atom. The van der Waals surface area contributed by atoms with Gasteiger partial charge in [0.1, 0.15) is 12.4 Å². The smallest absolute Gasteiger partial charge is 0.123 e. The largest absolute Gasteiger partial charge is 0.489 e. The monoisotopic (exact) mass is 469 g/mol. The van der Waals surface area contributed by atoms with Crippen molar-refractivity contribution in [1.29, 1.82) is 0 Å². The van der Waals surface area contributed by atoms with Crippen LogP contribution in [-0.2, 0) is 17.4 Å². The number of fused-ring (bicyclic) bond motifs is 4. The fraction of sp³-hybridized carbons (Fsp3) is 0.438. The van der Waals surface area contributed by atoms with E-state index in [1.165, 1.54) is 28.7 Å². The molecular formula is C32H39NO2. The lowest BCUT2D eigenvalue weighted by atomic mass is 9.55. The van der Waals surface area contributed by atoms with Gasteiger partial charge in [0.15, 0.2) is 0 Å². The molecule has 3 nitrogen and oxygen atoms in total. The van der Waals surface area contributed by atoms with E-state index < -0.39 is 6.10 Å². The van der Waals surface area contributed by atoms with Gasteiger partial charge in [-0.3, -0.25) is 0 Å². The lowest BCUT2D eigenvalue weighted by molar-refractivity contribution is 0.0701. The SMILES string of the molecule is CN(CCCC(O)c1ccc(C(C)(C)C)cc1)C1CCC12c1ccccc1COc1ccccc12. The highest BCUT2D eigenvalue weighted by molar-refractivity contribution is 5.55. The number of benzene rings is 3. The van der Waals surface area contributed by atoms with Gasteiger partial charge >= 0.3 is 0 Å². The van der Waals surface area contributed by atoms with E-state index in [9.17, 15) is 5.11 Å². The second kappa shape index (κ2) is 9.44. The third-order valence-corrected chi connectivity index (χ3v) is 8.31. The average Bonchev–Trinajstić information content (AvgIpc) is 2.98. The van der Waals surface area contributed by atoms with Crippen molar-refractivity contribution in [3.05, 3.63) is 101 Å². The summed E-state index contributed by atoms with van der Waals surface area (Å²) in [5.74, 6) is 1.02. The summed E-state index contributed by atoms with van der Waals surface area (Å²) in [6.45, 7) is 8.26. The molecule has 1 saturated carbocycles. The quantitative estimate of drug-likeness (QED) is 0.432. The van der Waals surface area contributed by atoms with Gasteiger partial charge in [0.2, 0.25) is 0 Å². The second-order valence-corrected chi connectivity index (χ2v) is 11.5. The van der Waals surface area contributed by atoms with Gasteiger partial charge in [0, 0.05) is 17.0 Å². The first-order valence-electron chi connectivity index (χ1n) is 13.1. The first-order chi connectivity index (χ1) is 16.8. The molecule has 3 atom stereocenters. The lowest BCUT2D eigenvalue weighted by Crippen LogP contribution is -2.58. The third kappa shape index (κ3) is 4.41. The van der Waals surface area contributed by atoms with E-state index in [4.69, 9.17) is 4.74 Å². The number of para-hydroxylation sites is 1. The number of hydrogen-bond acceptors (Lipinski definition) is 3. The zero-order valence-corrected chi connectivity index (χ0v) is 21.6. The summed E-state index contributed by atoms with van der Waals surface area (Å²) in [6, 6.07) is 26.4. The van der Waals surface area contributed by atoms with Crippen molar-refractivity contribution in [3.8, 4) is 5.75 Å². The Morgan fingerprint density at radius 3 is 2.34 bits per heavy atom. The van der Waals surface area contributed by atoms with Gasteiger partial charge in [-0.25, -0.2) is 0 Å². The summed E-state index contributed by atoms with van der Waals surface area (Å²) in [6.07, 6.45) is 3.64. The Balaban J connectivity index is 1.30. The Labute approximate surface area is 210 Å². The zero-order valence-electron chi connectivity index (χ0n) is 21.6. The third-order valence-electron chi connectivity index (χ3n) is 8.31. The van der Waals surface area contributed by atoms with Crippen molar-refractivity contribution in [2.45, 2.75) is 76.0 Å². The molecule has 2 aliphatic rings. The molecule has 3 unspecified atom stereocenters. The number of aliphatic hydroxyl groups is 1. The number of ether oxygens (including phenoxy) is 1. The van der Waals surface area contributed by atoms with Gasteiger partial charge in [0.05, 0.1) is 6.10 Å². The molecule has 1 aliphatic carbocycles. The molecule has 1 fully saturated rings. The Kier molecular flexibility index (Phi) is 6.50. The highest BCUT2D eigenvalue weighted by atomic mass is 16.5. The van der Waals surface area contributed by atoms with Crippen LogP contribution in [-0.4, -0.2) is 29.6 Å². The average molecular weight is 470 g/mol. The first-order valence-corrected chi connectivity index (χ1v) is 13.1. The van der Waals surface area contributed by atoms with Crippen LogP contribution >= 0.6 is 0 Å². The molecule has 0 amide bonds. The summed E-state index contributed by atoms with van der Waals surface area (Å²) in [5, 5.41) is 10.8. The molecule has 3 aromatic rings. The predicted molar refractivity (Wildman–Crippen MR) is 143 cm³/mol. The van der Waals surface area contributed by atoms with E-state index in [0.717, 1.165) is 37.1 Å². The number of hydrogen-bond donors (Lipinski definition) is 1. The Morgan fingerprint density at radius 2 is 1.66 bits per heavy atom. The molecule has 0 radical (unpaired) electrons. The van der Waals surface area contributed by atoms with Gasteiger partial charge in [-0.05, 0) is 73.0 Å². The van der Waals surface area contributed by atoms with Crippen LogP contribution in [0.3, 0.4) is 0 Å². The summed E-state index contributed by atoms with van der Waals surface area (Å²) in [4.78, 5) is 2.53. The van der Waals surface area contributed by atoms with Gasteiger partial charge in [0.25, 0.3) is 0 Å². The number of nitrogens with zero attached hydrogens (tertiary/aromatic N) is 1. The topological polar surface area (TPSA) is 32.7 Å². The normalized spacial score (nSPS) is 22.1. The fourth-order valence-electron chi connectivity index (χ4n) is 6.19. The van der Waals surface area contributed by atoms with E-state index >= 15 is 0 Å². The number of likely N-dealkylation sites (N-methyl/N-ethyl adjacent to an activating group) is 1. The van der Waals surface area contributed by atoms with Gasteiger partial charge < -0.3 is 14.7 Å². The van der Waals surface area contributed by atoms with Crippen molar-refractivity contribution >= 4 is 0 Å². The molecule has 1 heterocycles. The van der Waals surface area contributed by atoms with Gasteiger partial charge in [-0.15, -0.1) is 0 Å². The van der Waals surface area contributed by atoms with E-state index in [2.05, 4.69) is 106 Å². The summed E-state index contributed by atoms with van der Waals surface area (Å²) in [7, 11) is 2.26. The fourth-order valence-corrected chi connectivity index (χ4v) is 6.19. The van der Waals surface area contributed by atoms with Crippen molar-refractivity contribution < 1.29 is 9.84 Å². The molecule has 1 aliphatic heterocycles. The highest BCUT2D eigenvalue weighted by Crippen LogP contribution is 2.55. The van der Waals surface area contributed by atoms with E-state index in [0.29, 0.717) is 12.6 Å². The van der Waals surface area contributed by atoms with Crippen LogP contribution in [0.15, 0.2) is 72.8 Å². The highest BCUT2D eigenvalue weighted by Gasteiger charge is 2.53. The molecule has 1 spiro atoms. The predicted octanol–water partition coefficient (Wildman–Crippen LogP) is 6.77. The maximum Gasteiger partial charge on any atom is 0.123 e. The van der Waals surface area contributed by atoms with Gasteiger partial charge in [-0.1, -0.05) is 87.5 Å². The van der Waals surface area contributed by atoms with Gasteiger partial charge in [-0.2, -0.15) is 0 Å². The molecule has 184 valence electrons. The number of aliphatic hydroxyl groups excluding tert-OH is 1. The van der Waals surface area contributed by atoms with Crippen LogP contribution in [0.4, 0.5) is 0 Å². The molecule has 0 aromatic heterocycles. The maximum atomic E-state index is 10.8. The zero-order chi connectivity index (χ0) is 24.6. The summed E-state index contributed by atoms with van der Waals surface area (Å²) < 4.78 is 6.27. The summed E-state index contributed by atoms with van der Waals surface area (Å²) >= 11 is 0. The standard InChI is InChI=1S/C32H39NO2/c1-31(2,3)25-17-15-23(16-18-25)28(34)13-9-21-33(4)30-19-20-32(30)26-11-6-5-10-24(26)22-35-29-14-8-7-12-27(29)32/h5-8,10-12,14-18,28,30,34H,9,13,19-22H2,1-4H3.